The molecule has 1 aliphatic heterocycles. The van der Waals surface area contributed by atoms with E-state index in [-0.39, 0.29) is 0 Å². The zero-order valence-corrected chi connectivity index (χ0v) is 13.8. The first-order chi connectivity index (χ1) is 11.3. The molecule has 23 heavy (non-hydrogen) atoms. The summed E-state index contributed by atoms with van der Waals surface area (Å²) in [6.45, 7) is 5.86. The van der Waals surface area contributed by atoms with E-state index < -0.39 is 0 Å². The molecule has 3 aromatic rings. The van der Waals surface area contributed by atoms with Crippen molar-refractivity contribution >= 4 is 33.5 Å². The van der Waals surface area contributed by atoms with Crippen molar-refractivity contribution in [2.45, 2.75) is 19.8 Å². The summed E-state index contributed by atoms with van der Waals surface area (Å²) >= 11 is 1.50. The molecule has 1 saturated heterocycles. The van der Waals surface area contributed by atoms with E-state index in [2.05, 4.69) is 46.2 Å². The van der Waals surface area contributed by atoms with Gasteiger partial charge in [-0.1, -0.05) is 6.92 Å². The minimum atomic E-state index is 0.785. The second-order valence-electron chi connectivity index (χ2n) is 5.50. The van der Waals surface area contributed by atoms with Gasteiger partial charge in [0, 0.05) is 44.1 Å². The van der Waals surface area contributed by atoms with Crippen LogP contribution < -0.4 is 9.80 Å². The molecule has 1 fully saturated rings. The van der Waals surface area contributed by atoms with E-state index in [1.165, 1.54) is 11.5 Å². The summed E-state index contributed by atoms with van der Waals surface area (Å²) in [5, 5.41) is 8.98. The average Bonchev–Trinajstić information content (AvgIpc) is 3.19. The number of H-pyrrole nitrogens is 1. The van der Waals surface area contributed by atoms with Crippen LogP contribution in [-0.2, 0) is 6.42 Å². The number of fused-ring (bicyclic) bond motifs is 1. The fraction of sp³-hybridized carbons (Fsp3) is 0.500. The van der Waals surface area contributed by atoms with Crippen molar-refractivity contribution in [3.63, 3.8) is 0 Å². The SMILES string of the molecule is CCc1nsc(N2CCCN(c3ncnc4[nH]ncc34)CC2)n1. The first-order valence-electron chi connectivity index (χ1n) is 7.81. The van der Waals surface area contributed by atoms with Gasteiger partial charge in [0.2, 0.25) is 5.13 Å². The Labute approximate surface area is 137 Å². The van der Waals surface area contributed by atoms with Crippen LogP contribution in [0, 0.1) is 0 Å². The maximum atomic E-state index is 4.61. The second kappa shape index (κ2) is 6.07. The zero-order valence-electron chi connectivity index (χ0n) is 12.9. The standard InChI is InChI=1S/C14H18N8S/c1-2-11-18-14(23-20-11)22-5-3-4-21(6-7-22)13-10-8-17-19-12(10)15-9-16-13/h8-9H,2-7H2,1H3,(H,15,16,17,19). The van der Waals surface area contributed by atoms with Gasteiger partial charge in [-0.05, 0) is 6.42 Å². The molecule has 0 aliphatic carbocycles. The molecule has 3 aromatic heterocycles. The van der Waals surface area contributed by atoms with E-state index in [4.69, 9.17) is 0 Å². The van der Waals surface area contributed by atoms with Gasteiger partial charge in [-0.15, -0.1) is 0 Å². The summed E-state index contributed by atoms with van der Waals surface area (Å²) in [5.41, 5.74) is 0.785. The third-order valence-corrected chi connectivity index (χ3v) is 4.88. The van der Waals surface area contributed by atoms with E-state index >= 15 is 0 Å². The summed E-state index contributed by atoms with van der Waals surface area (Å²) in [6, 6.07) is 0. The van der Waals surface area contributed by atoms with Gasteiger partial charge in [0.05, 0.1) is 11.6 Å². The highest BCUT2D eigenvalue weighted by atomic mass is 32.1. The Morgan fingerprint density at radius 2 is 2.04 bits per heavy atom. The van der Waals surface area contributed by atoms with Crippen molar-refractivity contribution < 1.29 is 0 Å². The number of hydrogen-bond donors (Lipinski definition) is 1. The molecule has 0 radical (unpaired) electrons. The summed E-state index contributed by atoms with van der Waals surface area (Å²) in [4.78, 5) is 17.9. The predicted octanol–water partition coefficient (Wildman–Crippen LogP) is 1.48. The number of anilines is 2. The number of nitrogens with one attached hydrogen (secondary N) is 1. The lowest BCUT2D eigenvalue weighted by Gasteiger charge is -2.22. The Morgan fingerprint density at radius 3 is 2.91 bits per heavy atom. The fourth-order valence-electron chi connectivity index (χ4n) is 2.84. The molecule has 0 unspecified atom stereocenters. The normalized spacial score (nSPS) is 16.0. The van der Waals surface area contributed by atoms with Gasteiger partial charge in [0.1, 0.15) is 18.0 Å². The summed E-state index contributed by atoms with van der Waals surface area (Å²) in [7, 11) is 0. The van der Waals surface area contributed by atoms with Crippen molar-refractivity contribution in [3.05, 3.63) is 18.3 Å². The van der Waals surface area contributed by atoms with E-state index in [1.54, 1.807) is 12.5 Å². The highest BCUT2D eigenvalue weighted by Gasteiger charge is 2.20. The first kappa shape index (κ1) is 14.3. The first-order valence-corrected chi connectivity index (χ1v) is 8.59. The van der Waals surface area contributed by atoms with Crippen molar-refractivity contribution in [2.75, 3.05) is 36.0 Å². The molecule has 4 heterocycles. The van der Waals surface area contributed by atoms with Gasteiger partial charge < -0.3 is 9.80 Å². The molecule has 4 rings (SSSR count). The lowest BCUT2D eigenvalue weighted by Crippen LogP contribution is -2.31. The minimum absolute atomic E-state index is 0.785. The van der Waals surface area contributed by atoms with Gasteiger partial charge in [0.25, 0.3) is 0 Å². The van der Waals surface area contributed by atoms with E-state index in [1.807, 2.05) is 0 Å². The maximum Gasteiger partial charge on any atom is 0.205 e. The molecule has 9 heteroatoms. The van der Waals surface area contributed by atoms with Gasteiger partial charge in [0.15, 0.2) is 5.65 Å². The van der Waals surface area contributed by atoms with Crippen LogP contribution in [0.15, 0.2) is 12.5 Å². The lowest BCUT2D eigenvalue weighted by atomic mass is 10.3. The Bertz CT molecular complexity index is 797. The van der Waals surface area contributed by atoms with Crippen LogP contribution in [0.3, 0.4) is 0 Å². The van der Waals surface area contributed by atoms with Crippen molar-refractivity contribution in [1.29, 1.82) is 0 Å². The highest BCUT2D eigenvalue weighted by molar-refractivity contribution is 7.09. The Morgan fingerprint density at radius 1 is 1.17 bits per heavy atom. The zero-order chi connectivity index (χ0) is 15.6. The number of rotatable bonds is 3. The molecule has 0 spiro atoms. The van der Waals surface area contributed by atoms with Crippen LogP contribution in [0.5, 0.6) is 0 Å². The third kappa shape index (κ3) is 2.72. The quantitative estimate of drug-likeness (QED) is 0.778. The lowest BCUT2D eigenvalue weighted by molar-refractivity contribution is 0.797. The van der Waals surface area contributed by atoms with Gasteiger partial charge >= 0.3 is 0 Å². The average molecular weight is 330 g/mol. The molecule has 1 N–H and O–H groups in total. The van der Waals surface area contributed by atoms with Crippen molar-refractivity contribution in [2.24, 2.45) is 0 Å². The summed E-state index contributed by atoms with van der Waals surface area (Å²) in [6.07, 6.45) is 5.34. The Kier molecular flexibility index (Phi) is 3.78. The van der Waals surface area contributed by atoms with E-state index in [0.29, 0.717) is 0 Å². The number of hydrogen-bond acceptors (Lipinski definition) is 8. The highest BCUT2D eigenvalue weighted by Crippen LogP contribution is 2.24. The van der Waals surface area contributed by atoms with E-state index in [0.717, 1.165) is 66.8 Å². The smallest absolute Gasteiger partial charge is 0.205 e. The van der Waals surface area contributed by atoms with Crippen LogP contribution in [0.4, 0.5) is 10.9 Å². The topological polar surface area (TPSA) is 86.7 Å². The predicted molar refractivity (Wildman–Crippen MR) is 90.0 cm³/mol. The van der Waals surface area contributed by atoms with Crippen molar-refractivity contribution in [3.8, 4) is 0 Å². The van der Waals surface area contributed by atoms with Crippen LogP contribution in [-0.4, -0.2) is 55.7 Å². The maximum absolute atomic E-state index is 4.61. The fourth-order valence-corrected chi connectivity index (χ4v) is 3.64. The van der Waals surface area contributed by atoms with Crippen LogP contribution in [0.1, 0.15) is 19.2 Å². The largest absolute Gasteiger partial charge is 0.354 e. The molecule has 0 aromatic carbocycles. The molecular weight excluding hydrogens is 312 g/mol. The summed E-state index contributed by atoms with van der Waals surface area (Å²) < 4.78 is 4.39. The van der Waals surface area contributed by atoms with Gasteiger partial charge in [-0.25, -0.2) is 15.0 Å². The molecule has 0 saturated carbocycles. The second-order valence-corrected chi connectivity index (χ2v) is 6.23. The van der Waals surface area contributed by atoms with Crippen LogP contribution in [0.25, 0.3) is 11.0 Å². The van der Waals surface area contributed by atoms with Crippen LogP contribution >= 0.6 is 11.5 Å². The summed E-state index contributed by atoms with van der Waals surface area (Å²) in [5.74, 6) is 1.89. The number of aromatic nitrogens is 6. The molecule has 0 bridgehead atoms. The van der Waals surface area contributed by atoms with Gasteiger partial charge in [-0.2, -0.15) is 9.47 Å². The van der Waals surface area contributed by atoms with E-state index in [9.17, 15) is 0 Å². The van der Waals surface area contributed by atoms with Gasteiger partial charge in [-0.3, -0.25) is 5.10 Å². The molecule has 0 atom stereocenters. The Balaban J connectivity index is 1.54. The molecule has 0 amide bonds. The third-order valence-electron chi connectivity index (χ3n) is 4.07. The molecule has 120 valence electrons. The monoisotopic (exact) mass is 330 g/mol. The number of nitrogens with zero attached hydrogens (tertiary/aromatic N) is 7. The molecular formula is C14H18N8S. The molecule has 8 nitrogen and oxygen atoms in total. The number of aryl methyl sites for hydroxylation is 1. The van der Waals surface area contributed by atoms with Crippen LogP contribution in [0.2, 0.25) is 0 Å². The van der Waals surface area contributed by atoms with Crippen molar-refractivity contribution in [1.82, 2.24) is 29.5 Å². The Hall–Kier alpha value is -2.29. The minimum Gasteiger partial charge on any atom is -0.354 e. The molecule has 1 aliphatic rings. The number of aromatic amines is 1.